The Bertz CT molecular complexity index is 700. The summed E-state index contributed by atoms with van der Waals surface area (Å²) in [7, 11) is 0. The Labute approximate surface area is 134 Å². The maximum absolute atomic E-state index is 12.8. The van der Waals surface area contributed by atoms with E-state index in [1.165, 1.54) is 0 Å². The van der Waals surface area contributed by atoms with E-state index in [0.717, 1.165) is 0 Å². The maximum atomic E-state index is 12.8. The molecule has 2 aromatic carbocycles. The molecule has 2 aromatic rings. The highest BCUT2D eigenvalue weighted by Gasteiger charge is 2.22. The average Bonchev–Trinajstić information content (AvgIpc) is 2.80. The molecule has 0 aromatic heterocycles. The van der Waals surface area contributed by atoms with Crippen molar-refractivity contribution in [3.63, 3.8) is 0 Å². The van der Waals surface area contributed by atoms with Crippen molar-refractivity contribution in [2.45, 2.75) is 6.42 Å². The molecule has 5 heteroatoms. The van der Waals surface area contributed by atoms with Gasteiger partial charge in [0, 0.05) is 26.1 Å². The van der Waals surface area contributed by atoms with Gasteiger partial charge < -0.3 is 15.0 Å². The predicted molar refractivity (Wildman–Crippen MR) is 86.5 cm³/mol. The zero-order chi connectivity index (χ0) is 16.1. The number of rotatable bonds is 3. The van der Waals surface area contributed by atoms with E-state index in [-0.39, 0.29) is 11.8 Å². The van der Waals surface area contributed by atoms with E-state index in [0.29, 0.717) is 43.1 Å². The molecular weight excluding hydrogens is 292 g/mol. The van der Waals surface area contributed by atoms with Crippen molar-refractivity contribution in [2.75, 3.05) is 19.6 Å². The Balaban J connectivity index is 1.82. The molecule has 0 unspecified atom stereocenters. The Morgan fingerprint density at radius 3 is 2.57 bits per heavy atom. The molecule has 23 heavy (non-hydrogen) atoms. The zero-order valence-electron chi connectivity index (χ0n) is 12.7. The molecule has 0 radical (unpaired) electrons. The molecule has 1 heterocycles. The van der Waals surface area contributed by atoms with Crippen molar-refractivity contribution >= 4 is 11.8 Å². The zero-order valence-corrected chi connectivity index (χ0v) is 12.7. The van der Waals surface area contributed by atoms with Crippen molar-refractivity contribution in [1.29, 1.82) is 0 Å². The van der Waals surface area contributed by atoms with Crippen LogP contribution in [-0.2, 0) is 4.79 Å². The van der Waals surface area contributed by atoms with Crippen molar-refractivity contribution in [2.24, 2.45) is 0 Å². The van der Waals surface area contributed by atoms with Crippen LogP contribution >= 0.6 is 0 Å². The highest BCUT2D eigenvalue weighted by atomic mass is 16.5. The number of hydrogen-bond acceptors (Lipinski definition) is 3. The normalized spacial score (nSPS) is 14.8. The van der Waals surface area contributed by atoms with Crippen molar-refractivity contribution in [1.82, 2.24) is 10.2 Å². The lowest BCUT2D eigenvalue weighted by Crippen LogP contribution is -2.34. The van der Waals surface area contributed by atoms with Gasteiger partial charge in [-0.05, 0) is 24.3 Å². The molecule has 3 rings (SSSR count). The van der Waals surface area contributed by atoms with Crippen LogP contribution in [-0.4, -0.2) is 36.3 Å². The van der Waals surface area contributed by atoms with Crippen molar-refractivity contribution in [3.8, 4) is 11.5 Å². The second-order valence-corrected chi connectivity index (χ2v) is 5.30. The molecule has 0 aliphatic carbocycles. The summed E-state index contributed by atoms with van der Waals surface area (Å²) in [5.41, 5.74) is 0.505. The summed E-state index contributed by atoms with van der Waals surface area (Å²) < 4.78 is 5.84. The first-order chi connectivity index (χ1) is 11.2. The van der Waals surface area contributed by atoms with Crippen LogP contribution in [0, 0.1) is 0 Å². The molecule has 2 amide bonds. The number of amides is 2. The third-order valence-corrected chi connectivity index (χ3v) is 3.69. The molecule has 118 valence electrons. The smallest absolute Gasteiger partial charge is 0.257 e. The quantitative estimate of drug-likeness (QED) is 0.947. The third kappa shape index (κ3) is 3.69. The minimum Gasteiger partial charge on any atom is -0.457 e. The van der Waals surface area contributed by atoms with E-state index in [9.17, 15) is 9.59 Å². The standard InChI is InChI=1S/C18H18N2O3/c21-17-10-12-20(13-11-19-17)18(22)15-8-4-5-9-16(15)23-14-6-2-1-3-7-14/h1-9H,10-13H2,(H,19,21). The summed E-state index contributed by atoms with van der Waals surface area (Å²) >= 11 is 0. The minimum absolute atomic E-state index is 0.0193. The lowest BCUT2D eigenvalue weighted by molar-refractivity contribution is -0.120. The van der Waals surface area contributed by atoms with E-state index in [1.807, 2.05) is 42.5 Å². The van der Waals surface area contributed by atoms with Crippen LogP contribution in [0.2, 0.25) is 0 Å². The first kappa shape index (κ1) is 15.1. The number of benzene rings is 2. The van der Waals surface area contributed by atoms with Crippen molar-refractivity contribution in [3.05, 3.63) is 60.2 Å². The molecule has 1 N–H and O–H groups in total. The van der Waals surface area contributed by atoms with Gasteiger partial charge in [-0.3, -0.25) is 9.59 Å². The molecule has 1 saturated heterocycles. The van der Waals surface area contributed by atoms with Gasteiger partial charge in [0.25, 0.3) is 5.91 Å². The van der Waals surface area contributed by atoms with E-state index in [4.69, 9.17) is 4.74 Å². The number of ether oxygens (including phenoxy) is 1. The Hall–Kier alpha value is -2.82. The first-order valence-electron chi connectivity index (χ1n) is 7.62. The van der Waals surface area contributed by atoms with Gasteiger partial charge in [-0.15, -0.1) is 0 Å². The van der Waals surface area contributed by atoms with E-state index in [2.05, 4.69) is 5.32 Å². The number of carbonyl (C=O) groups is 2. The summed E-state index contributed by atoms with van der Waals surface area (Å²) in [6.07, 6.45) is 0.327. The van der Waals surface area contributed by atoms with Gasteiger partial charge in [0.05, 0.1) is 5.56 Å². The first-order valence-corrected chi connectivity index (χ1v) is 7.62. The maximum Gasteiger partial charge on any atom is 0.257 e. The summed E-state index contributed by atoms with van der Waals surface area (Å²) in [6.45, 7) is 1.40. The third-order valence-electron chi connectivity index (χ3n) is 3.69. The van der Waals surface area contributed by atoms with Crippen LogP contribution in [0.25, 0.3) is 0 Å². The highest BCUT2D eigenvalue weighted by molar-refractivity contribution is 5.97. The summed E-state index contributed by atoms with van der Waals surface area (Å²) in [4.78, 5) is 25.9. The van der Waals surface area contributed by atoms with Gasteiger partial charge >= 0.3 is 0 Å². The van der Waals surface area contributed by atoms with Crippen LogP contribution in [0.3, 0.4) is 0 Å². The van der Waals surface area contributed by atoms with Crippen LogP contribution in [0.1, 0.15) is 16.8 Å². The molecule has 0 spiro atoms. The fraction of sp³-hybridized carbons (Fsp3) is 0.222. The number of hydrogen-bond donors (Lipinski definition) is 1. The average molecular weight is 310 g/mol. The van der Waals surface area contributed by atoms with Crippen LogP contribution < -0.4 is 10.1 Å². The van der Waals surface area contributed by atoms with Crippen LogP contribution in [0.4, 0.5) is 0 Å². The van der Waals surface area contributed by atoms with Gasteiger partial charge in [0.1, 0.15) is 11.5 Å². The Morgan fingerprint density at radius 2 is 1.74 bits per heavy atom. The van der Waals surface area contributed by atoms with E-state index < -0.39 is 0 Å². The highest BCUT2D eigenvalue weighted by Crippen LogP contribution is 2.26. The minimum atomic E-state index is -0.118. The van der Waals surface area contributed by atoms with E-state index >= 15 is 0 Å². The molecule has 1 aliphatic rings. The van der Waals surface area contributed by atoms with Gasteiger partial charge in [-0.25, -0.2) is 0 Å². The summed E-state index contributed by atoms with van der Waals surface area (Å²) in [5.74, 6) is 1.06. The number of carbonyl (C=O) groups excluding carboxylic acids is 2. The lowest BCUT2D eigenvalue weighted by atomic mass is 10.1. The molecule has 0 saturated carbocycles. The van der Waals surface area contributed by atoms with Gasteiger partial charge in [0.2, 0.25) is 5.91 Å². The van der Waals surface area contributed by atoms with Crippen LogP contribution in [0.15, 0.2) is 54.6 Å². The number of nitrogens with zero attached hydrogens (tertiary/aromatic N) is 1. The largest absolute Gasteiger partial charge is 0.457 e. The molecule has 1 aliphatic heterocycles. The SMILES string of the molecule is O=C1CCN(C(=O)c2ccccc2Oc2ccccc2)CCN1. The van der Waals surface area contributed by atoms with Gasteiger partial charge in [0.15, 0.2) is 0 Å². The molecule has 1 fully saturated rings. The fourth-order valence-corrected chi connectivity index (χ4v) is 2.49. The second-order valence-electron chi connectivity index (χ2n) is 5.30. The van der Waals surface area contributed by atoms with E-state index in [1.54, 1.807) is 17.0 Å². The summed E-state index contributed by atoms with van der Waals surface area (Å²) in [5, 5.41) is 2.77. The Morgan fingerprint density at radius 1 is 1.00 bits per heavy atom. The second kappa shape index (κ2) is 6.96. The number of nitrogens with one attached hydrogen (secondary N) is 1. The molecule has 5 nitrogen and oxygen atoms in total. The Kier molecular flexibility index (Phi) is 4.57. The number of para-hydroxylation sites is 2. The molecule has 0 bridgehead atoms. The lowest BCUT2D eigenvalue weighted by Gasteiger charge is -2.21. The molecule has 0 atom stereocenters. The predicted octanol–water partition coefficient (Wildman–Crippen LogP) is 2.44. The monoisotopic (exact) mass is 310 g/mol. The summed E-state index contributed by atoms with van der Waals surface area (Å²) in [6, 6.07) is 16.5. The van der Waals surface area contributed by atoms with Crippen LogP contribution in [0.5, 0.6) is 11.5 Å². The van der Waals surface area contributed by atoms with Gasteiger partial charge in [-0.2, -0.15) is 0 Å². The topological polar surface area (TPSA) is 58.6 Å². The van der Waals surface area contributed by atoms with Crippen molar-refractivity contribution < 1.29 is 14.3 Å². The molecular formula is C18H18N2O3. The fourth-order valence-electron chi connectivity index (χ4n) is 2.49. The van der Waals surface area contributed by atoms with Gasteiger partial charge in [-0.1, -0.05) is 30.3 Å².